The van der Waals surface area contributed by atoms with Crippen LogP contribution in [0.1, 0.15) is 38.2 Å². The highest BCUT2D eigenvalue weighted by molar-refractivity contribution is 5.74. The van der Waals surface area contributed by atoms with Crippen LogP contribution in [0.4, 0.5) is 0 Å². The SMILES string of the molecule is CC(=O)N1CCC[C@H]1[C@@H]1CCCN1Cc1cnn(C)c1. The second-order valence-electron chi connectivity index (χ2n) is 6.12. The van der Waals surface area contributed by atoms with Gasteiger partial charge in [-0.05, 0) is 32.2 Å². The highest BCUT2D eigenvalue weighted by Gasteiger charge is 2.38. The number of likely N-dealkylation sites (tertiary alicyclic amines) is 2. The molecule has 0 aliphatic carbocycles. The van der Waals surface area contributed by atoms with Gasteiger partial charge in [-0.25, -0.2) is 0 Å². The third-order valence-electron chi connectivity index (χ3n) is 4.71. The van der Waals surface area contributed by atoms with E-state index in [-0.39, 0.29) is 5.91 Å². The number of amides is 1. The van der Waals surface area contributed by atoms with Gasteiger partial charge in [-0.3, -0.25) is 14.4 Å². The van der Waals surface area contributed by atoms with Gasteiger partial charge in [-0.2, -0.15) is 5.10 Å². The molecule has 2 fully saturated rings. The average Bonchev–Trinajstić information content (AvgIpc) is 3.09. The summed E-state index contributed by atoms with van der Waals surface area (Å²) in [7, 11) is 1.96. The summed E-state index contributed by atoms with van der Waals surface area (Å²) in [6.45, 7) is 4.75. The zero-order chi connectivity index (χ0) is 14.1. The summed E-state index contributed by atoms with van der Waals surface area (Å²) in [5, 5.41) is 4.25. The van der Waals surface area contributed by atoms with Crippen molar-refractivity contribution in [1.29, 1.82) is 0 Å². The highest BCUT2D eigenvalue weighted by atomic mass is 16.2. The van der Waals surface area contributed by atoms with E-state index in [0.29, 0.717) is 12.1 Å². The Kier molecular flexibility index (Phi) is 3.78. The van der Waals surface area contributed by atoms with E-state index in [1.54, 1.807) is 6.92 Å². The van der Waals surface area contributed by atoms with Crippen LogP contribution in [-0.2, 0) is 18.4 Å². The average molecular weight is 276 g/mol. The van der Waals surface area contributed by atoms with E-state index in [4.69, 9.17) is 0 Å². The second-order valence-corrected chi connectivity index (χ2v) is 6.12. The maximum absolute atomic E-state index is 11.8. The molecule has 0 unspecified atom stereocenters. The first-order chi connectivity index (χ1) is 9.65. The molecule has 5 nitrogen and oxygen atoms in total. The summed E-state index contributed by atoms with van der Waals surface area (Å²) in [5.41, 5.74) is 1.27. The number of aryl methyl sites for hydroxylation is 1. The summed E-state index contributed by atoms with van der Waals surface area (Å²) in [5.74, 6) is 0.237. The van der Waals surface area contributed by atoms with E-state index in [9.17, 15) is 4.79 Å². The smallest absolute Gasteiger partial charge is 0.219 e. The van der Waals surface area contributed by atoms with Gasteiger partial charge in [0.25, 0.3) is 0 Å². The lowest BCUT2D eigenvalue weighted by atomic mass is 10.0. The van der Waals surface area contributed by atoms with E-state index in [1.165, 1.54) is 18.4 Å². The van der Waals surface area contributed by atoms with Gasteiger partial charge in [0, 0.05) is 50.9 Å². The first-order valence-corrected chi connectivity index (χ1v) is 7.64. The lowest BCUT2D eigenvalue weighted by Gasteiger charge is -2.34. The fourth-order valence-electron chi connectivity index (χ4n) is 3.86. The van der Waals surface area contributed by atoms with E-state index >= 15 is 0 Å². The molecule has 0 radical (unpaired) electrons. The number of hydrogen-bond donors (Lipinski definition) is 0. The van der Waals surface area contributed by atoms with E-state index in [1.807, 2.05) is 17.9 Å². The molecule has 2 atom stereocenters. The molecule has 2 aliphatic heterocycles. The summed E-state index contributed by atoms with van der Waals surface area (Å²) in [6, 6.07) is 0.952. The Morgan fingerprint density at radius 2 is 2.05 bits per heavy atom. The van der Waals surface area contributed by atoms with Crippen molar-refractivity contribution in [1.82, 2.24) is 19.6 Å². The Morgan fingerprint density at radius 3 is 2.75 bits per heavy atom. The maximum atomic E-state index is 11.8. The lowest BCUT2D eigenvalue weighted by Crippen LogP contribution is -2.47. The molecule has 0 bridgehead atoms. The largest absolute Gasteiger partial charge is 0.338 e. The summed E-state index contributed by atoms with van der Waals surface area (Å²) in [6.07, 6.45) is 8.82. The quantitative estimate of drug-likeness (QED) is 0.838. The van der Waals surface area contributed by atoms with Gasteiger partial charge in [0.2, 0.25) is 5.91 Å². The number of nitrogens with zero attached hydrogens (tertiary/aromatic N) is 4. The Bertz CT molecular complexity index is 484. The number of aromatic nitrogens is 2. The van der Waals surface area contributed by atoms with E-state index in [0.717, 1.165) is 32.5 Å². The molecule has 2 aliphatic rings. The lowest BCUT2D eigenvalue weighted by molar-refractivity contribution is -0.130. The normalized spacial score (nSPS) is 27.4. The molecule has 1 amide bonds. The Morgan fingerprint density at radius 1 is 1.30 bits per heavy atom. The molecule has 3 rings (SSSR count). The van der Waals surface area contributed by atoms with E-state index < -0.39 is 0 Å². The van der Waals surface area contributed by atoms with Gasteiger partial charge >= 0.3 is 0 Å². The predicted octanol–water partition coefficient (Wildman–Crippen LogP) is 1.40. The third kappa shape index (κ3) is 2.59. The monoisotopic (exact) mass is 276 g/mol. The molecule has 0 N–H and O–H groups in total. The summed E-state index contributed by atoms with van der Waals surface area (Å²) >= 11 is 0. The highest BCUT2D eigenvalue weighted by Crippen LogP contribution is 2.30. The Labute approximate surface area is 120 Å². The van der Waals surface area contributed by atoms with Crippen molar-refractivity contribution in [2.75, 3.05) is 13.1 Å². The number of carbonyl (C=O) groups excluding carboxylic acids is 1. The molecule has 1 aromatic rings. The number of rotatable bonds is 3. The van der Waals surface area contributed by atoms with Crippen molar-refractivity contribution in [2.24, 2.45) is 7.05 Å². The maximum Gasteiger partial charge on any atom is 0.219 e. The van der Waals surface area contributed by atoms with Gasteiger partial charge < -0.3 is 4.90 Å². The zero-order valence-corrected chi connectivity index (χ0v) is 12.5. The molecule has 1 aromatic heterocycles. The molecule has 5 heteroatoms. The molecule has 0 spiro atoms. The first kappa shape index (κ1) is 13.6. The van der Waals surface area contributed by atoms with Crippen LogP contribution in [0.25, 0.3) is 0 Å². The van der Waals surface area contributed by atoms with Crippen LogP contribution in [0.15, 0.2) is 12.4 Å². The fraction of sp³-hybridized carbons (Fsp3) is 0.733. The molecule has 2 saturated heterocycles. The molecule has 0 saturated carbocycles. The van der Waals surface area contributed by atoms with Crippen LogP contribution in [0, 0.1) is 0 Å². The Balaban J connectivity index is 1.70. The van der Waals surface area contributed by atoms with Gasteiger partial charge in [0.05, 0.1) is 6.20 Å². The standard InChI is InChI=1S/C15H24N4O/c1-12(20)19-8-4-6-15(19)14-5-3-7-18(14)11-13-9-16-17(2)10-13/h9-10,14-15H,3-8,11H2,1-2H3/t14-,15-/m0/s1. The summed E-state index contributed by atoms with van der Waals surface area (Å²) in [4.78, 5) is 16.4. The van der Waals surface area contributed by atoms with Gasteiger partial charge in [0.15, 0.2) is 0 Å². The van der Waals surface area contributed by atoms with Crippen molar-refractivity contribution in [3.05, 3.63) is 18.0 Å². The van der Waals surface area contributed by atoms with Crippen molar-refractivity contribution in [3.63, 3.8) is 0 Å². The van der Waals surface area contributed by atoms with Crippen LogP contribution in [-0.4, -0.2) is 50.7 Å². The zero-order valence-electron chi connectivity index (χ0n) is 12.5. The molecule has 0 aromatic carbocycles. The Hall–Kier alpha value is -1.36. The van der Waals surface area contributed by atoms with Crippen LogP contribution in [0.2, 0.25) is 0 Å². The molecular weight excluding hydrogens is 252 g/mol. The molecule has 3 heterocycles. The van der Waals surface area contributed by atoms with Crippen molar-refractivity contribution in [3.8, 4) is 0 Å². The van der Waals surface area contributed by atoms with Crippen LogP contribution >= 0.6 is 0 Å². The minimum absolute atomic E-state index is 0.237. The van der Waals surface area contributed by atoms with Gasteiger partial charge in [0.1, 0.15) is 0 Å². The fourth-order valence-corrected chi connectivity index (χ4v) is 3.86. The number of hydrogen-bond acceptors (Lipinski definition) is 3. The predicted molar refractivity (Wildman–Crippen MR) is 77.0 cm³/mol. The third-order valence-corrected chi connectivity index (χ3v) is 4.71. The van der Waals surface area contributed by atoms with Crippen molar-refractivity contribution >= 4 is 5.91 Å². The van der Waals surface area contributed by atoms with Crippen LogP contribution < -0.4 is 0 Å². The minimum atomic E-state index is 0.237. The minimum Gasteiger partial charge on any atom is -0.338 e. The van der Waals surface area contributed by atoms with E-state index in [2.05, 4.69) is 21.1 Å². The van der Waals surface area contributed by atoms with Crippen molar-refractivity contribution in [2.45, 2.75) is 51.2 Å². The van der Waals surface area contributed by atoms with Gasteiger partial charge in [-0.15, -0.1) is 0 Å². The summed E-state index contributed by atoms with van der Waals surface area (Å²) < 4.78 is 1.86. The topological polar surface area (TPSA) is 41.4 Å². The van der Waals surface area contributed by atoms with Gasteiger partial charge in [-0.1, -0.05) is 0 Å². The van der Waals surface area contributed by atoms with Crippen LogP contribution in [0.3, 0.4) is 0 Å². The second kappa shape index (κ2) is 5.56. The van der Waals surface area contributed by atoms with Crippen LogP contribution in [0.5, 0.6) is 0 Å². The number of carbonyl (C=O) groups is 1. The first-order valence-electron chi connectivity index (χ1n) is 7.64. The molecular formula is C15H24N4O. The molecule has 20 heavy (non-hydrogen) atoms. The molecule has 110 valence electrons. The van der Waals surface area contributed by atoms with Crippen molar-refractivity contribution < 1.29 is 4.79 Å².